The summed E-state index contributed by atoms with van der Waals surface area (Å²) in [4.78, 5) is 16.8. The minimum absolute atomic E-state index is 0.117. The first-order valence-electron chi connectivity index (χ1n) is 5.52. The molecule has 0 amide bonds. The summed E-state index contributed by atoms with van der Waals surface area (Å²) in [5.41, 5.74) is 1.44. The average Bonchev–Trinajstić information content (AvgIpc) is 2.78. The number of carbonyl (C=O) groups excluding carboxylic acids is 1. The largest absolute Gasteiger partial charge is 0.382 e. The Hall–Kier alpha value is -2.54. The molecule has 4 heteroatoms. The first kappa shape index (κ1) is 11.9. The molecule has 90 valence electrons. The van der Waals surface area contributed by atoms with Crippen molar-refractivity contribution in [2.45, 2.75) is 0 Å². The third kappa shape index (κ3) is 2.25. The highest BCUT2D eigenvalue weighted by atomic mass is 16.1. The molecule has 0 aliphatic rings. The topological polar surface area (TPSA) is 59.9 Å². The van der Waals surface area contributed by atoms with Crippen molar-refractivity contribution < 1.29 is 4.79 Å². The third-order valence-electron chi connectivity index (χ3n) is 2.53. The van der Waals surface area contributed by atoms with Crippen LogP contribution in [-0.2, 0) is 0 Å². The molecule has 2 rings (SSSR count). The van der Waals surface area contributed by atoms with Gasteiger partial charge in [0.05, 0.1) is 5.69 Å². The molecule has 0 aliphatic carbocycles. The lowest BCUT2D eigenvalue weighted by Gasteiger charge is -2.04. The molecule has 1 aromatic carbocycles. The predicted molar refractivity (Wildman–Crippen MR) is 70.0 cm³/mol. The number of rotatable bonds is 3. The maximum atomic E-state index is 12.1. The lowest BCUT2D eigenvalue weighted by atomic mass is 10.1. The summed E-state index contributed by atoms with van der Waals surface area (Å²) in [6, 6.07) is 11.3. The average molecular weight is 239 g/mol. The minimum atomic E-state index is -0.289. The molecule has 18 heavy (non-hydrogen) atoms. The highest BCUT2D eigenvalue weighted by Crippen LogP contribution is 2.17. The Morgan fingerprint density at radius 1 is 1.39 bits per heavy atom. The maximum absolute atomic E-state index is 12.1. The van der Waals surface area contributed by atoms with Crippen molar-refractivity contribution in [1.82, 2.24) is 9.88 Å². The van der Waals surface area contributed by atoms with Crippen LogP contribution >= 0.6 is 0 Å². The number of H-pyrrole nitrogens is 1. The molecular weight excluding hydrogens is 226 g/mol. The van der Waals surface area contributed by atoms with E-state index < -0.39 is 0 Å². The first-order valence-corrected chi connectivity index (χ1v) is 5.52. The van der Waals surface area contributed by atoms with Crippen LogP contribution in [0, 0.1) is 11.3 Å². The van der Waals surface area contributed by atoms with E-state index in [-0.39, 0.29) is 11.4 Å². The zero-order chi connectivity index (χ0) is 13.1. The lowest BCUT2D eigenvalue weighted by Crippen LogP contribution is -2.09. The molecular formula is C14H13N3O. The van der Waals surface area contributed by atoms with E-state index in [1.807, 2.05) is 30.3 Å². The van der Waals surface area contributed by atoms with Crippen molar-refractivity contribution in [3.8, 4) is 6.07 Å². The van der Waals surface area contributed by atoms with Gasteiger partial charge in [-0.25, -0.2) is 0 Å². The normalized spacial score (nSPS) is 11.3. The molecule has 0 fully saturated rings. The molecule has 1 aromatic heterocycles. The zero-order valence-corrected chi connectivity index (χ0v) is 10.3. The van der Waals surface area contributed by atoms with E-state index in [0.717, 1.165) is 10.9 Å². The van der Waals surface area contributed by atoms with Crippen LogP contribution in [0.3, 0.4) is 0 Å². The number of aromatic amines is 1. The number of carbonyl (C=O) groups is 1. The molecule has 0 spiro atoms. The summed E-state index contributed by atoms with van der Waals surface area (Å²) in [7, 11) is 3.55. The van der Waals surface area contributed by atoms with Crippen LogP contribution < -0.4 is 0 Å². The van der Waals surface area contributed by atoms with Crippen molar-refractivity contribution in [2.75, 3.05) is 14.1 Å². The van der Waals surface area contributed by atoms with Crippen LogP contribution in [-0.4, -0.2) is 29.8 Å². The van der Waals surface area contributed by atoms with Crippen LogP contribution in [0.25, 0.3) is 10.9 Å². The van der Waals surface area contributed by atoms with Gasteiger partial charge in [-0.1, -0.05) is 18.2 Å². The molecule has 0 radical (unpaired) electrons. The number of nitrogens with zero attached hydrogens (tertiary/aromatic N) is 2. The Morgan fingerprint density at radius 3 is 2.72 bits per heavy atom. The van der Waals surface area contributed by atoms with Crippen molar-refractivity contribution in [2.24, 2.45) is 0 Å². The summed E-state index contributed by atoms with van der Waals surface area (Å²) in [5, 5.41) is 9.96. The first-order chi connectivity index (χ1) is 8.61. The van der Waals surface area contributed by atoms with Gasteiger partial charge in [0.2, 0.25) is 5.78 Å². The summed E-state index contributed by atoms with van der Waals surface area (Å²) < 4.78 is 0. The monoisotopic (exact) mass is 239 g/mol. The van der Waals surface area contributed by atoms with Crippen LogP contribution in [0.15, 0.2) is 42.1 Å². The number of nitriles is 1. The Bertz CT molecular complexity index is 626. The number of benzene rings is 1. The molecule has 2 aromatic rings. The number of para-hydroxylation sites is 1. The second kappa shape index (κ2) is 4.76. The van der Waals surface area contributed by atoms with Crippen LogP contribution in [0.5, 0.6) is 0 Å². The van der Waals surface area contributed by atoms with Crippen molar-refractivity contribution >= 4 is 16.7 Å². The number of ketones is 1. The predicted octanol–water partition coefficient (Wildman–Crippen LogP) is 2.32. The van der Waals surface area contributed by atoms with E-state index in [4.69, 9.17) is 5.26 Å². The number of hydrogen-bond donors (Lipinski definition) is 1. The van der Waals surface area contributed by atoms with E-state index in [0.29, 0.717) is 5.69 Å². The number of fused-ring (bicyclic) bond motifs is 1. The Morgan fingerprint density at radius 2 is 2.11 bits per heavy atom. The van der Waals surface area contributed by atoms with Gasteiger partial charge in [-0.05, 0) is 12.1 Å². The van der Waals surface area contributed by atoms with E-state index in [2.05, 4.69) is 4.98 Å². The van der Waals surface area contributed by atoms with Gasteiger partial charge >= 0.3 is 0 Å². The van der Waals surface area contributed by atoms with Gasteiger partial charge < -0.3 is 9.88 Å². The van der Waals surface area contributed by atoms with E-state index in [1.165, 1.54) is 6.20 Å². The summed E-state index contributed by atoms with van der Waals surface area (Å²) in [6.07, 6.45) is 1.52. The molecule has 1 heterocycles. The standard InChI is InChI=1S/C14H13N3O/c1-17(2)9-11(8-15)14(18)13-7-10-5-3-4-6-12(10)16-13/h3-7,9,16H,1-2H3/b11-9-. The Kier molecular flexibility index (Phi) is 3.16. The third-order valence-corrected chi connectivity index (χ3v) is 2.53. The smallest absolute Gasteiger partial charge is 0.221 e. The van der Waals surface area contributed by atoms with Gasteiger partial charge in [-0.2, -0.15) is 5.26 Å². The summed E-state index contributed by atoms with van der Waals surface area (Å²) in [5.74, 6) is -0.289. The fraction of sp³-hybridized carbons (Fsp3) is 0.143. The van der Waals surface area contributed by atoms with Crippen LogP contribution in [0.1, 0.15) is 10.5 Å². The second-order valence-corrected chi connectivity index (χ2v) is 4.22. The Labute approximate surface area is 105 Å². The number of aromatic nitrogens is 1. The molecule has 0 saturated heterocycles. The minimum Gasteiger partial charge on any atom is -0.382 e. The highest BCUT2D eigenvalue weighted by Gasteiger charge is 2.14. The van der Waals surface area contributed by atoms with Crippen molar-refractivity contribution in [1.29, 1.82) is 5.26 Å². The van der Waals surface area contributed by atoms with Gasteiger partial charge in [0.25, 0.3) is 0 Å². The van der Waals surface area contributed by atoms with Gasteiger partial charge in [0.1, 0.15) is 11.6 Å². The number of Topliss-reactive ketones (excluding diaryl/α,β-unsaturated/α-hetero) is 1. The molecule has 1 N–H and O–H groups in total. The maximum Gasteiger partial charge on any atom is 0.221 e. The quantitative estimate of drug-likeness (QED) is 0.508. The molecule has 4 nitrogen and oxygen atoms in total. The van der Waals surface area contributed by atoms with E-state index >= 15 is 0 Å². The number of hydrogen-bond acceptors (Lipinski definition) is 3. The van der Waals surface area contributed by atoms with E-state index in [1.54, 1.807) is 25.1 Å². The SMILES string of the molecule is CN(C)/C=C(/C#N)C(=O)c1cc2ccccc2[nH]1. The van der Waals surface area contributed by atoms with Gasteiger partial charge in [-0.3, -0.25) is 4.79 Å². The zero-order valence-electron chi connectivity index (χ0n) is 10.3. The number of nitrogens with one attached hydrogen (secondary N) is 1. The van der Waals surface area contributed by atoms with Gasteiger partial charge in [-0.15, -0.1) is 0 Å². The van der Waals surface area contributed by atoms with Crippen LogP contribution in [0.2, 0.25) is 0 Å². The summed E-state index contributed by atoms with van der Waals surface area (Å²) >= 11 is 0. The molecule has 0 unspecified atom stereocenters. The van der Waals surface area contributed by atoms with Crippen molar-refractivity contribution in [3.63, 3.8) is 0 Å². The lowest BCUT2D eigenvalue weighted by molar-refractivity contribution is 0.103. The van der Waals surface area contributed by atoms with Crippen molar-refractivity contribution in [3.05, 3.63) is 47.8 Å². The fourth-order valence-corrected chi connectivity index (χ4v) is 1.74. The van der Waals surface area contributed by atoms with Gasteiger partial charge in [0, 0.05) is 31.2 Å². The highest BCUT2D eigenvalue weighted by molar-refractivity contribution is 6.12. The molecule has 0 saturated carbocycles. The molecule has 0 aliphatic heterocycles. The number of allylic oxidation sites excluding steroid dienone is 1. The second-order valence-electron chi connectivity index (χ2n) is 4.22. The summed E-state index contributed by atoms with van der Waals surface area (Å²) in [6.45, 7) is 0. The van der Waals surface area contributed by atoms with Crippen LogP contribution in [0.4, 0.5) is 0 Å². The fourth-order valence-electron chi connectivity index (χ4n) is 1.74. The van der Waals surface area contributed by atoms with E-state index in [9.17, 15) is 4.79 Å². The molecule has 0 atom stereocenters. The molecule has 0 bridgehead atoms. The Balaban J connectivity index is 2.42. The van der Waals surface area contributed by atoms with Gasteiger partial charge in [0.15, 0.2) is 0 Å².